The second kappa shape index (κ2) is 16.0. The number of carbonyl (C=O) groups excluding carboxylic acids is 6. The molecule has 0 rings (SSSR count). The first-order valence-electron chi connectivity index (χ1n) is 13.5. The third-order valence-electron chi connectivity index (χ3n) is 5.22. The van der Waals surface area contributed by atoms with E-state index in [0.717, 1.165) is 0 Å². The summed E-state index contributed by atoms with van der Waals surface area (Å²) in [6, 6.07) is 0. The van der Waals surface area contributed by atoms with E-state index < -0.39 is 32.5 Å². The SMILES string of the molecule is CC(C)(C)C(=O)[CH-]C(=O)C(C)(C)C.CC(C)(C)C(=O)[CH-]C(=O)C(C)(C)C.CC(C)(C)C(=O)[CH-]C(=O)C(C)(C)C.[Ru+3]. The molecule has 0 aliphatic heterocycles. The van der Waals surface area contributed by atoms with Crippen LogP contribution in [-0.4, -0.2) is 34.7 Å². The van der Waals surface area contributed by atoms with Gasteiger partial charge in [-0.25, -0.2) is 0 Å². The van der Waals surface area contributed by atoms with Crippen molar-refractivity contribution >= 4 is 34.7 Å². The maximum absolute atomic E-state index is 11.4. The molecule has 0 aliphatic rings. The van der Waals surface area contributed by atoms with Crippen LogP contribution in [0.25, 0.3) is 0 Å². The Hall–Kier alpha value is -1.75. The predicted octanol–water partition coefficient (Wildman–Crippen LogP) is 7.26. The van der Waals surface area contributed by atoms with Gasteiger partial charge in [-0.3, -0.25) is 19.3 Å². The first-order valence-corrected chi connectivity index (χ1v) is 13.5. The fourth-order valence-corrected chi connectivity index (χ4v) is 1.66. The molecule has 0 saturated carbocycles. The molecule has 1 radical (unpaired) electrons. The maximum Gasteiger partial charge on any atom is 3.00 e. The molecule has 6 nitrogen and oxygen atoms in total. The van der Waals surface area contributed by atoms with Gasteiger partial charge in [-0.2, -0.15) is 0 Å². The van der Waals surface area contributed by atoms with Gasteiger partial charge in [-0.15, -0.1) is 0 Å². The van der Waals surface area contributed by atoms with E-state index >= 15 is 0 Å². The molecule has 0 saturated heterocycles. The van der Waals surface area contributed by atoms with E-state index in [0.29, 0.717) is 0 Å². The van der Waals surface area contributed by atoms with E-state index in [1.807, 2.05) is 125 Å². The van der Waals surface area contributed by atoms with Crippen molar-refractivity contribution in [3.8, 4) is 0 Å². The van der Waals surface area contributed by atoms with Crippen LogP contribution in [0.3, 0.4) is 0 Å². The van der Waals surface area contributed by atoms with Crippen molar-refractivity contribution in [1.29, 1.82) is 0 Å². The molecule has 0 atom stereocenters. The van der Waals surface area contributed by atoms with Crippen molar-refractivity contribution in [3.63, 3.8) is 0 Å². The van der Waals surface area contributed by atoms with Gasteiger partial charge in [-0.1, -0.05) is 125 Å². The summed E-state index contributed by atoms with van der Waals surface area (Å²) in [5.41, 5.74) is -2.74. The second-order valence-corrected chi connectivity index (χ2v) is 16.1. The molecule has 0 spiro atoms. The molecule has 0 N–H and O–H groups in total. The molecule has 233 valence electrons. The van der Waals surface area contributed by atoms with Gasteiger partial charge in [-0.05, 0) is 32.5 Å². The number of hydrogen-bond donors (Lipinski definition) is 0. The summed E-state index contributed by atoms with van der Waals surface area (Å²) in [6.07, 6.45) is 3.67. The Labute approximate surface area is 258 Å². The first-order chi connectivity index (χ1) is 16.6. The minimum atomic E-state index is -0.457. The summed E-state index contributed by atoms with van der Waals surface area (Å²) >= 11 is 0. The van der Waals surface area contributed by atoms with Gasteiger partial charge in [0.2, 0.25) is 0 Å². The third kappa shape index (κ3) is 21.1. The summed E-state index contributed by atoms with van der Waals surface area (Å²) in [4.78, 5) is 68.7. The van der Waals surface area contributed by atoms with Gasteiger partial charge in [0, 0.05) is 34.7 Å². The number of ketones is 6. The van der Waals surface area contributed by atoms with Gasteiger partial charge in [0.15, 0.2) is 0 Å². The fourth-order valence-electron chi connectivity index (χ4n) is 1.66. The van der Waals surface area contributed by atoms with Crippen LogP contribution in [0.2, 0.25) is 0 Å². The fraction of sp³-hybridized carbons (Fsp3) is 0.727. The zero-order valence-corrected chi connectivity index (χ0v) is 30.3. The van der Waals surface area contributed by atoms with E-state index in [2.05, 4.69) is 0 Å². The summed E-state index contributed by atoms with van der Waals surface area (Å²) in [5, 5.41) is 0. The van der Waals surface area contributed by atoms with Crippen LogP contribution < -0.4 is 0 Å². The number of rotatable bonds is 6. The molecule has 0 fully saturated rings. The molecular weight excluding hydrogens is 593 g/mol. The van der Waals surface area contributed by atoms with Crippen LogP contribution in [0.1, 0.15) is 125 Å². The molecule has 0 amide bonds. The van der Waals surface area contributed by atoms with E-state index in [-0.39, 0.29) is 54.2 Å². The molecule has 0 bridgehead atoms. The maximum atomic E-state index is 11.4. The molecule has 7 heteroatoms. The van der Waals surface area contributed by atoms with Crippen molar-refractivity contribution < 1.29 is 48.2 Å². The largest absolute Gasteiger partial charge is 3.00 e. The van der Waals surface area contributed by atoms with E-state index in [1.54, 1.807) is 0 Å². The zero-order chi connectivity index (χ0) is 32.6. The number of hydrogen-bond acceptors (Lipinski definition) is 6. The van der Waals surface area contributed by atoms with Crippen molar-refractivity contribution in [3.05, 3.63) is 19.3 Å². The molecular formula is C33H57O6Ru. The molecule has 0 heterocycles. The smallest absolute Gasteiger partial charge is 0.333 e. The average molecular weight is 651 g/mol. The van der Waals surface area contributed by atoms with Crippen molar-refractivity contribution in [2.24, 2.45) is 32.5 Å². The Morgan fingerprint density at radius 1 is 0.275 bits per heavy atom. The molecule has 0 aromatic rings. The zero-order valence-electron chi connectivity index (χ0n) is 28.5. The third-order valence-corrected chi connectivity index (χ3v) is 5.22. The minimum Gasteiger partial charge on any atom is -0.333 e. The Balaban J connectivity index is -0.000000240. The summed E-state index contributed by atoms with van der Waals surface area (Å²) < 4.78 is 0. The van der Waals surface area contributed by atoms with Gasteiger partial charge in [0.05, 0.1) is 0 Å². The number of Topliss-reactive ketones (excluding diaryl/α,β-unsaturated/α-hetero) is 6. The molecule has 0 aromatic heterocycles. The second-order valence-electron chi connectivity index (χ2n) is 16.1. The molecule has 40 heavy (non-hydrogen) atoms. The standard InChI is InChI=1S/3C11H19O2.Ru/c3*1-10(2,3)8(12)7-9(13)11(4,5)6;/h3*7H,1-6H3;/q3*-1;+3. The molecule has 0 aliphatic carbocycles. The van der Waals surface area contributed by atoms with Crippen molar-refractivity contribution in [2.75, 3.05) is 0 Å². The summed E-state index contributed by atoms with van der Waals surface area (Å²) in [7, 11) is 0. The van der Waals surface area contributed by atoms with Crippen LogP contribution in [0.4, 0.5) is 0 Å². The van der Waals surface area contributed by atoms with Gasteiger partial charge < -0.3 is 28.8 Å². The Kier molecular flexibility index (Phi) is 18.1. The Bertz CT molecular complexity index is 693. The van der Waals surface area contributed by atoms with Crippen LogP contribution in [0.15, 0.2) is 0 Å². The summed E-state index contributed by atoms with van der Waals surface area (Å²) in [5.74, 6) is -0.625. The van der Waals surface area contributed by atoms with Crippen LogP contribution in [-0.2, 0) is 48.2 Å². The monoisotopic (exact) mass is 651 g/mol. The average Bonchev–Trinajstić information content (AvgIpc) is 2.64. The topological polar surface area (TPSA) is 102 Å². The molecule has 0 unspecified atom stereocenters. The predicted molar refractivity (Wildman–Crippen MR) is 160 cm³/mol. The van der Waals surface area contributed by atoms with Crippen LogP contribution in [0, 0.1) is 51.8 Å². The summed E-state index contributed by atoms with van der Waals surface area (Å²) in [6.45, 7) is 32.5. The van der Waals surface area contributed by atoms with E-state index in [1.165, 1.54) is 19.3 Å². The molecule has 0 aromatic carbocycles. The van der Waals surface area contributed by atoms with Gasteiger partial charge in [0.25, 0.3) is 0 Å². The van der Waals surface area contributed by atoms with Crippen LogP contribution >= 0.6 is 0 Å². The minimum absolute atomic E-state index is 0. The van der Waals surface area contributed by atoms with Crippen LogP contribution in [0.5, 0.6) is 0 Å². The van der Waals surface area contributed by atoms with Gasteiger partial charge >= 0.3 is 19.5 Å². The number of carbonyl (C=O) groups is 6. The van der Waals surface area contributed by atoms with E-state index in [9.17, 15) is 28.8 Å². The Morgan fingerprint density at radius 3 is 0.400 bits per heavy atom. The first kappa shape index (κ1) is 45.2. The van der Waals surface area contributed by atoms with E-state index in [4.69, 9.17) is 0 Å². The van der Waals surface area contributed by atoms with Crippen molar-refractivity contribution in [1.82, 2.24) is 0 Å². The normalized spacial score (nSPS) is 12.2. The Morgan fingerprint density at radius 2 is 0.350 bits per heavy atom. The quantitative estimate of drug-likeness (QED) is 0.170. The van der Waals surface area contributed by atoms with Gasteiger partial charge in [0.1, 0.15) is 0 Å². The van der Waals surface area contributed by atoms with Crippen molar-refractivity contribution in [2.45, 2.75) is 125 Å².